The first-order valence-electron chi connectivity index (χ1n) is 11.2. The summed E-state index contributed by atoms with van der Waals surface area (Å²) in [6, 6.07) is 35.7. The Kier molecular flexibility index (Phi) is 4.99. The highest BCUT2D eigenvalue weighted by molar-refractivity contribution is 5.86. The summed E-state index contributed by atoms with van der Waals surface area (Å²) in [5.41, 5.74) is 9.92. The van der Waals surface area contributed by atoms with Crippen molar-refractivity contribution < 1.29 is 0 Å². The number of hydrogen-bond donors (Lipinski definition) is 2. The number of fused-ring (bicyclic) bond motifs is 3. The molecular formula is C29H28N2. The normalized spacial score (nSPS) is 13.4. The van der Waals surface area contributed by atoms with Gasteiger partial charge in [-0.15, -0.1) is 0 Å². The monoisotopic (exact) mass is 404 g/mol. The molecule has 31 heavy (non-hydrogen) atoms. The van der Waals surface area contributed by atoms with E-state index in [0.29, 0.717) is 0 Å². The maximum absolute atomic E-state index is 3.43. The molecule has 0 saturated carbocycles. The molecule has 0 unspecified atom stereocenters. The van der Waals surface area contributed by atoms with Crippen LogP contribution < -0.4 is 10.6 Å². The van der Waals surface area contributed by atoms with E-state index in [-0.39, 0.29) is 5.41 Å². The van der Waals surface area contributed by atoms with Gasteiger partial charge in [0, 0.05) is 24.5 Å². The second kappa shape index (κ2) is 7.96. The summed E-state index contributed by atoms with van der Waals surface area (Å²) in [7, 11) is 0. The van der Waals surface area contributed by atoms with Crippen molar-refractivity contribution in [2.24, 2.45) is 0 Å². The Labute approximate surface area is 185 Å². The van der Waals surface area contributed by atoms with Gasteiger partial charge in [-0.1, -0.05) is 72.8 Å². The molecule has 2 N–H and O–H groups in total. The van der Waals surface area contributed by atoms with Gasteiger partial charge in [0.25, 0.3) is 0 Å². The van der Waals surface area contributed by atoms with Gasteiger partial charge in [0.2, 0.25) is 0 Å². The second-order valence-electron chi connectivity index (χ2n) is 8.06. The lowest BCUT2D eigenvalue weighted by Gasteiger charge is -2.34. The molecule has 0 spiro atoms. The average Bonchev–Trinajstić information content (AvgIpc) is 3.12. The van der Waals surface area contributed by atoms with E-state index in [4.69, 9.17) is 0 Å². The Morgan fingerprint density at radius 2 is 0.903 bits per heavy atom. The summed E-state index contributed by atoms with van der Waals surface area (Å²) < 4.78 is 0. The number of rotatable bonds is 6. The highest BCUT2D eigenvalue weighted by Gasteiger charge is 2.45. The molecule has 0 heterocycles. The fourth-order valence-electron chi connectivity index (χ4n) is 5.11. The van der Waals surface area contributed by atoms with E-state index in [1.807, 2.05) is 0 Å². The van der Waals surface area contributed by atoms with Crippen LogP contribution in [0.5, 0.6) is 0 Å². The molecule has 1 aliphatic carbocycles. The van der Waals surface area contributed by atoms with Crippen molar-refractivity contribution >= 4 is 11.4 Å². The fourth-order valence-corrected chi connectivity index (χ4v) is 5.11. The van der Waals surface area contributed by atoms with Crippen LogP contribution in [-0.2, 0) is 5.41 Å². The van der Waals surface area contributed by atoms with Crippen LogP contribution in [0.1, 0.15) is 36.1 Å². The molecule has 0 atom stereocenters. The van der Waals surface area contributed by atoms with Crippen LogP contribution in [0.15, 0.2) is 97.1 Å². The zero-order chi connectivity index (χ0) is 21.3. The van der Waals surface area contributed by atoms with E-state index in [2.05, 4.69) is 122 Å². The predicted molar refractivity (Wildman–Crippen MR) is 132 cm³/mol. The third kappa shape index (κ3) is 3.02. The summed E-state index contributed by atoms with van der Waals surface area (Å²) in [6.07, 6.45) is 0. The molecule has 0 aromatic heterocycles. The highest BCUT2D eigenvalue weighted by atomic mass is 14.9. The largest absolute Gasteiger partial charge is 0.385 e. The first-order valence-corrected chi connectivity index (χ1v) is 11.2. The summed E-state index contributed by atoms with van der Waals surface area (Å²) in [4.78, 5) is 0. The first kappa shape index (κ1) is 19.4. The molecule has 4 aromatic rings. The molecule has 154 valence electrons. The maximum Gasteiger partial charge on any atom is 0.0713 e. The van der Waals surface area contributed by atoms with Crippen molar-refractivity contribution in [1.82, 2.24) is 0 Å². The van der Waals surface area contributed by atoms with Gasteiger partial charge in [-0.3, -0.25) is 0 Å². The van der Waals surface area contributed by atoms with Crippen LogP contribution in [-0.4, -0.2) is 13.1 Å². The van der Waals surface area contributed by atoms with Crippen LogP contribution in [0.25, 0.3) is 11.1 Å². The van der Waals surface area contributed by atoms with Crippen LogP contribution in [0.4, 0.5) is 11.4 Å². The molecule has 0 radical (unpaired) electrons. The van der Waals surface area contributed by atoms with E-state index in [9.17, 15) is 0 Å². The van der Waals surface area contributed by atoms with Crippen LogP contribution in [0, 0.1) is 0 Å². The third-order valence-corrected chi connectivity index (χ3v) is 6.35. The molecule has 2 heteroatoms. The Morgan fingerprint density at radius 1 is 0.516 bits per heavy atom. The SMILES string of the molecule is CCNc1ccc(C2(c3ccc(NCC)cc3)c3ccccc3-c3ccccc32)cc1. The standard InChI is InChI=1S/C29H28N2/c1-3-30-23-17-13-21(14-18-23)29(22-15-19-24(20-16-22)31-4-2)27-11-7-5-9-25(27)26-10-6-8-12-28(26)29/h5-20,30-31H,3-4H2,1-2H3. The third-order valence-electron chi connectivity index (χ3n) is 6.35. The van der Waals surface area contributed by atoms with Crippen LogP contribution in [0.3, 0.4) is 0 Å². The van der Waals surface area contributed by atoms with Crippen molar-refractivity contribution in [2.75, 3.05) is 23.7 Å². The molecule has 0 aliphatic heterocycles. The van der Waals surface area contributed by atoms with Gasteiger partial charge in [-0.25, -0.2) is 0 Å². The zero-order valence-corrected chi connectivity index (χ0v) is 18.2. The lowest BCUT2D eigenvalue weighted by atomic mass is 9.67. The van der Waals surface area contributed by atoms with Crippen LogP contribution in [0.2, 0.25) is 0 Å². The molecule has 0 bridgehead atoms. The minimum Gasteiger partial charge on any atom is -0.385 e. The zero-order valence-electron chi connectivity index (χ0n) is 18.2. The lowest BCUT2D eigenvalue weighted by Crippen LogP contribution is -2.28. The highest BCUT2D eigenvalue weighted by Crippen LogP contribution is 2.56. The van der Waals surface area contributed by atoms with Crippen molar-refractivity contribution in [3.05, 3.63) is 119 Å². The molecule has 0 amide bonds. The molecule has 0 saturated heterocycles. The Hall–Kier alpha value is -3.52. The van der Waals surface area contributed by atoms with Gasteiger partial charge in [-0.2, -0.15) is 0 Å². The van der Waals surface area contributed by atoms with Gasteiger partial charge < -0.3 is 10.6 Å². The van der Waals surface area contributed by atoms with Gasteiger partial charge in [-0.05, 0) is 71.5 Å². The van der Waals surface area contributed by atoms with Gasteiger partial charge in [0.1, 0.15) is 0 Å². The summed E-state index contributed by atoms with van der Waals surface area (Å²) in [5.74, 6) is 0. The van der Waals surface area contributed by atoms with Crippen molar-refractivity contribution in [2.45, 2.75) is 19.3 Å². The Balaban J connectivity index is 1.80. The molecule has 1 aliphatic rings. The lowest BCUT2D eigenvalue weighted by molar-refractivity contribution is 0.768. The Bertz CT molecular complexity index is 1090. The molecule has 2 nitrogen and oxygen atoms in total. The van der Waals surface area contributed by atoms with Crippen molar-refractivity contribution in [1.29, 1.82) is 0 Å². The number of benzene rings is 4. The quantitative estimate of drug-likeness (QED) is 0.321. The summed E-state index contributed by atoms with van der Waals surface area (Å²) in [6.45, 7) is 6.10. The van der Waals surface area contributed by atoms with E-state index < -0.39 is 0 Å². The number of nitrogens with one attached hydrogen (secondary N) is 2. The predicted octanol–water partition coefficient (Wildman–Crippen LogP) is 6.91. The molecular weight excluding hydrogens is 376 g/mol. The molecule has 4 aromatic carbocycles. The van der Waals surface area contributed by atoms with E-state index in [1.165, 1.54) is 33.4 Å². The first-order chi connectivity index (χ1) is 15.3. The maximum atomic E-state index is 3.43. The van der Waals surface area contributed by atoms with E-state index >= 15 is 0 Å². The van der Waals surface area contributed by atoms with Crippen LogP contribution >= 0.6 is 0 Å². The number of anilines is 2. The summed E-state index contributed by atoms with van der Waals surface area (Å²) in [5, 5.41) is 6.86. The van der Waals surface area contributed by atoms with Gasteiger partial charge >= 0.3 is 0 Å². The van der Waals surface area contributed by atoms with Crippen molar-refractivity contribution in [3.63, 3.8) is 0 Å². The summed E-state index contributed by atoms with van der Waals surface area (Å²) >= 11 is 0. The fraction of sp³-hybridized carbons (Fsp3) is 0.172. The van der Waals surface area contributed by atoms with Gasteiger partial charge in [0.05, 0.1) is 5.41 Å². The molecule has 5 rings (SSSR count). The van der Waals surface area contributed by atoms with Crippen molar-refractivity contribution in [3.8, 4) is 11.1 Å². The smallest absolute Gasteiger partial charge is 0.0713 e. The minimum absolute atomic E-state index is 0.331. The number of hydrogen-bond acceptors (Lipinski definition) is 2. The average molecular weight is 405 g/mol. The second-order valence-corrected chi connectivity index (χ2v) is 8.06. The van der Waals surface area contributed by atoms with E-state index in [1.54, 1.807) is 0 Å². The van der Waals surface area contributed by atoms with E-state index in [0.717, 1.165) is 24.5 Å². The van der Waals surface area contributed by atoms with Gasteiger partial charge in [0.15, 0.2) is 0 Å². The topological polar surface area (TPSA) is 24.1 Å². The Morgan fingerprint density at radius 3 is 1.29 bits per heavy atom. The molecule has 0 fully saturated rings. The minimum atomic E-state index is -0.331.